The molecule has 76 valence electrons. The number of benzene rings is 1. The van der Waals surface area contributed by atoms with Gasteiger partial charge in [-0.05, 0) is 31.4 Å². The fraction of sp³-hybridized carbons (Fsp3) is 0.500. The minimum atomic E-state index is 0. The van der Waals surface area contributed by atoms with Gasteiger partial charge < -0.3 is 5.32 Å². The largest absolute Gasteiger partial charge is 0.316 e. The molecule has 1 aliphatic heterocycles. The van der Waals surface area contributed by atoms with Gasteiger partial charge in [-0.1, -0.05) is 29.8 Å². The predicted octanol–water partition coefficient (Wildman–Crippen LogP) is 2.28. The third-order valence-electron chi connectivity index (χ3n) is 3.69. The highest BCUT2D eigenvalue weighted by Gasteiger charge is 2.57. The van der Waals surface area contributed by atoms with E-state index in [1.54, 1.807) is 5.56 Å². The van der Waals surface area contributed by atoms with Crippen LogP contribution in [0.3, 0.4) is 0 Å². The molecule has 0 aromatic heterocycles. The Labute approximate surface area is 91.3 Å². The smallest absolute Gasteiger partial charge is 0.0122 e. The lowest BCUT2D eigenvalue weighted by atomic mass is 9.94. The van der Waals surface area contributed by atoms with Crippen LogP contribution in [0.4, 0.5) is 0 Å². The normalized spacial score (nSPS) is 33.4. The summed E-state index contributed by atoms with van der Waals surface area (Å²) in [5, 5.41) is 3.48. The number of rotatable bonds is 1. The Balaban J connectivity index is 0.000000750. The van der Waals surface area contributed by atoms with Gasteiger partial charge in [0.2, 0.25) is 0 Å². The van der Waals surface area contributed by atoms with E-state index >= 15 is 0 Å². The monoisotopic (exact) mass is 209 g/mol. The Bertz CT molecular complexity index is 333. The Morgan fingerprint density at radius 2 is 2.00 bits per heavy atom. The number of fused-ring (bicyclic) bond motifs is 1. The summed E-state index contributed by atoms with van der Waals surface area (Å²) < 4.78 is 0. The van der Waals surface area contributed by atoms with Crippen LogP contribution in [0.5, 0.6) is 0 Å². The first-order chi connectivity index (χ1) is 6.31. The molecule has 2 aliphatic rings. The van der Waals surface area contributed by atoms with Crippen LogP contribution in [0.1, 0.15) is 17.5 Å². The molecule has 0 radical (unpaired) electrons. The maximum atomic E-state index is 3.48. The van der Waals surface area contributed by atoms with Crippen LogP contribution in [0, 0.1) is 12.8 Å². The van der Waals surface area contributed by atoms with Crippen LogP contribution >= 0.6 is 12.4 Å². The van der Waals surface area contributed by atoms with E-state index < -0.39 is 0 Å². The van der Waals surface area contributed by atoms with Gasteiger partial charge in [0.15, 0.2) is 0 Å². The molecule has 1 aromatic carbocycles. The molecule has 1 saturated heterocycles. The summed E-state index contributed by atoms with van der Waals surface area (Å²) in [4.78, 5) is 0. The minimum absolute atomic E-state index is 0. The third kappa shape index (κ3) is 1.27. The number of nitrogens with one attached hydrogen (secondary N) is 1. The van der Waals surface area contributed by atoms with Gasteiger partial charge in [-0.2, -0.15) is 0 Å². The summed E-state index contributed by atoms with van der Waals surface area (Å²) in [5.74, 6) is 0.926. The minimum Gasteiger partial charge on any atom is -0.316 e. The van der Waals surface area contributed by atoms with Crippen molar-refractivity contribution < 1.29 is 0 Å². The second-order valence-electron chi connectivity index (χ2n) is 4.55. The number of hydrogen-bond acceptors (Lipinski definition) is 1. The average Bonchev–Trinajstić information content (AvgIpc) is 2.71. The molecule has 2 heteroatoms. The Kier molecular flexibility index (Phi) is 2.32. The Morgan fingerprint density at radius 1 is 1.29 bits per heavy atom. The van der Waals surface area contributed by atoms with E-state index in [1.807, 2.05) is 0 Å². The molecular formula is C12H16ClN. The number of hydrogen-bond donors (Lipinski definition) is 1. The maximum absolute atomic E-state index is 3.48. The molecule has 2 fully saturated rings. The molecule has 1 N–H and O–H groups in total. The first kappa shape index (κ1) is 10.0. The van der Waals surface area contributed by atoms with Crippen LogP contribution in [-0.2, 0) is 5.41 Å². The second kappa shape index (κ2) is 3.25. The van der Waals surface area contributed by atoms with E-state index in [9.17, 15) is 0 Å². The van der Waals surface area contributed by atoms with Gasteiger partial charge in [0.1, 0.15) is 0 Å². The highest BCUT2D eigenvalue weighted by Crippen LogP contribution is 2.56. The molecular weight excluding hydrogens is 194 g/mol. The molecule has 0 spiro atoms. The molecule has 1 saturated carbocycles. The summed E-state index contributed by atoms with van der Waals surface area (Å²) in [7, 11) is 0. The van der Waals surface area contributed by atoms with E-state index in [0.29, 0.717) is 5.41 Å². The first-order valence-corrected chi connectivity index (χ1v) is 5.09. The van der Waals surface area contributed by atoms with Gasteiger partial charge in [0.05, 0.1) is 0 Å². The van der Waals surface area contributed by atoms with Crippen LogP contribution in [0.2, 0.25) is 0 Å². The van der Waals surface area contributed by atoms with E-state index in [2.05, 4.69) is 36.5 Å². The fourth-order valence-electron chi connectivity index (χ4n) is 2.68. The van der Waals surface area contributed by atoms with Crippen LogP contribution in [0.25, 0.3) is 0 Å². The van der Waals surface area contributed by atoms with Crippen LogP contribution in [-0.4, -0.2) is 13.1 Å². The van der Waals surface area contributed by atoms with Gasteiger partial charge in [-0.3, -0.25) is 0 Å². The topological polar surface area (TPSA) is 12.0 Å². The first-order valence-electron chi connectivity index (χ1n) is 5.09. The molecule has 3 rings (SSSR count). The quantitative estimate of drug-likeness (QED) is 0.749. The summed E-state index contributed by atoms with van der Waals surface area (Å²) in [6.07, 6.45) is 1.41. The van der Waals surface area contributed by atoms with Crippen molar-refractivity contribution in [2.24, 2.45) is 5.92 Å². The van der Waals surface area contributed by atoms with Crippen molar-refractivity contribution in [3.05, 3.63) is 35.4 Å². The lowest BCUT2D eigenvalue weighted by Gasteiger charge is -2.11. The van der Waals surface area contributed by atoms with E-state index in [0.717, 1.165) is 5.92 Å². The van der Waals surface area contributed by atoms with E-state index in [1.165, 1.54) is 25.1 Å². The lowest BCUT2D eigenvalue weighted by molar-refractivity contribution is 0.675. The highest BCUT2D eigenvalue weighted by molar-refractivity contribution is 5.85. The molecule has 2 atom stereocenters. The molecule has 1 heterocycles. The van der Waals surface area contributed by atoms with Crippen LogP contribution < -0.4 is 5.32 Å². The Morgan fingerprint density at radius 3 is 2.50 bits per heavy atom. The lowest BCUT2D eigenvalue weighted by Crippen LogP contribution is -2.19. The number of piperidine rings is 1. The molecule has 14 heavy (non-hydrogen) atoms. The highest BCUT2D eigenvalue weighted by atomic mass is 35.5. The van der Waals surface area contributed by atoms with Crippen molar-refractivity contribution in [2.45, 2.75) is 18.8 Å². The average molecular weight is 210 g/mol. The van der Waals surface area contributed by atoms with E-state index in [-0.39, 0.29) is 12.4 Å². The molecule has 0 amide bonds. The molecule has 0 unspecified atom stereocenters. The summed E-state index contributed by atoms with van der Waals surface area (Å²) >= 11 is 0. The third-order valence-corrected chi connectivity index (χ3v) is 3.69. The van der Waals surface area contributed by atoms with Crippen molar-refractivity contribution in [1.82, 2.24) is 5.32 Å². The van der Waals surface area contributed by atoms with Gasteiger partial charge in [-0.25, -0.2) is 0 Å². The van der Waals surface area contributed by atoms with Crippen molar-refractivity contribution in [1.29, 1.82) is 0 Å². The van der Waals surface area contributed by atoms with Crippen molar-refractivity contribution in [3.63, 3.8) is 0 Å². The summed E-state index contributed by atoms with van der Waals surface area (Å²) in [6.45, 7) is 4.58. The molecule has 1 aliphatic carbocycles. The Hall–Kier alpha value is -0.530. The molecule has 0 bridgehead atoms. The van der Waals surface area contributed by atoms with Crippen molar-refractivity contribution in [2.75, 3.05) is 13.1 Å². The van der Waals surface area contributed by atoms with Gasteiger partial charge >= 0.3 is 0 Å². The van der Waals surface area contributed by atoms with Crippen LogP contribution in [0.15, 0.2) is 24.3 Å². The zero-order valence-corrected chi connectivity index (χ0v) is 9.23. The van der Waals surface area contributed by atoms with Crippen molar-refractivity contribution in [3.8, 4) is 0 Å². The van der Waals surface area contributed by atoms with Gasteiger partial charge in [-0.15, -0.1) is 12.4 Å². The summed E-state index contributed by atoms with van der Waals surface area (Å²) in [6, 6.07) is 9.08. The van der Waals surface area contributed by atoms with Gasteiger partial charge in [0.25, 0.3) is 0 Å². The number of aryl methyl sites for hydroxylation is 1. The second-order valence-corrected chi connectivity index (χ2v) is 4.55. The molecule has 1 nitrogen and oxygen atoms in total. The fourth-order valence-corrected chi connectivity index (χ4v) is 2.68. The van der Waals surface area contributed by atoms with Crippen molar-refractivity contribution >= 4 is 12.4 Å². The van der Waals surface area contributed by atoms with Gasteiger partial charge in [0, 0.05) is 12.0 Å². The predicted molar refractivity (Wildman–Crippen MR) is 61.1 cm³/mol. The standard InChI is InChI=1S/C12H15N.ClH/c1-9-2-4-10(5-3-9)12-6-11(12)7-13-8-12;/h2-5,11,13H,6-8H2,1H3;1H/t11-,12+;/m1./s1. The number of halogens is 1. The maximum Gasteiger partial charge on any atom is 0.0122 e. The summed E-state index contributed by atoms with van der Waals surface area (Å²) in [5.41, 5.74) is 3.45. The molecule has 1 aromatic rings. The zero-order chi connectivity index (χ0) is 8.89. The zero-order valence-electron chi connectivity index (χ0n) is 8.42. The van der Waals surface area contributed by atoms with E-state index in [4.69, 9.17) is 0 Å². The SMILES string of the molecule is Cc1ccc([C@]23CNC[C@H]2C3)cc1.Cl.